The molecule has 0 aliphatic rings. The van der Waals surface area contributed by atoms with Crippen molar-refractivity contribution in [2.75, 3.05) is 7.11 Å². The SMILES string of the molecule is CCC(=CC=CC(O)(CC)CC)c1cc(OCc2ccc(COC(=O)c3ccccc3)c(COC(=O)c3ccccc3)c2)ccc1OC. The number of allylic oxidation sites excluding steroid dienone is 3. The second-order valence-electron chi connectivity index (χ2n) is 11.4. The van der Waals surface area contributed by atoms with E-state index in [2.05, 4.69) is 6.92 Å². The first-order valence-electron chi connectivity index (χ1n) is 16.3. The number of benzene rings is 4. The molecule has 4 aromatic rings. The smallest absolute Gasteiger partial charge is 0.338 e. The summed E-state index contributed by atoms with van der Waals surface area (Å²) in [5, 5.41) is 10.7. The lowest BCUT2D eigenvalue weighted by Crippen LogP contribution is -2.22. The third-order valence-electron chi connectivity index (χ3n) is 8.24. The molecule has 0 heterocycles. The Morgan fingerprint density at radius 2 is 1.33 bits per heavy atom. The van der Waals surface area contributed by atoms with Crippen LogP contribution < -0.4 is 9.47 Å². The second-order valence-corrected chi connectivity index (χ2v) is 11.4. The van der Waals surface area contributed by atoms with Gasteiger partial charge in [-0.3, -0.25) is 0 Å². The second kappa shape index (κ2) is 17.7. The maximum atomic E-state index is 12.7. The minimum absolute atomic E-state index is 0.00413. The number of ether oxygens (including phenoxy) is 4. The van der Waals surface area contributed by atoms with Crippen LogP contribution in [0.5, 0.6) is 11.5 Å². The zero-order valence-electron chi connectivity index (χ0n) is 28.1. The molecule has 1 N–H and O–H groups in total. The van der Waals surface area contributed by atoms with Gasteiger partial charge in [-0.15, -0.1) is 0 Å². The van der Waals surface area contributed by atoms with Crippen molar-refractivity contribution in [1.82, 2.24) is 0 Å². The maximum absolute atomic E-state index is 12.7. The van der Waals surface area contributed by atoms with Crippen molar-refractivity contribution in [3.63, 3.8) is 0 Å². The van der Waals surface area contributed by atoms with Crippen LogP contribution in [0.15, 0.2) is 115 Å². The molecule has 0 fully saturated rings. The number of rotatable bonds is 16. The van der Waals surface area contributed by atoms with Gasteiger partial charge in [0.2, 0.25) is 0 Å². The van der Waals surface area contributed by atoms with Crippen molar-refractivity contribution >= 4 is 17.5 Å². The molecule has 4 aromatic carbocycles. The van der Waals surface area contributed by atoms with Gasteiger partial charge in [0.05, 0.1) is 23.8 Å². The van der Waals surface area contributed by atoms with Gasteiger partial charge in [-0.25, -0.2) is 9.59 Å². The molecule has 250 valence electrons. The van der Waals surface area contributed by atoms with E-state index in [0.717, 1.165) is 34.4 Å². The average molecular weight is 649 g/mol. The Labute approximate surface area is 283 Å². The van der Waals surface area contributed by atoms with Gasteiger partial charge in [-0.1, -0.05) is 87.5 Å². The highest BCUT2D eigenvalue weighted by atomic mass is 16.5. The van der Waals surface area contributed by atoms with E-state index in [-0.39, 0.29) is 19.8 Å². The van der Waals surface area contributed by atoms with Crippen LogP contribution in [-0.4, -0.2) is 29.8 Å². The van der Waals surface area contributed by atoms with Gasteiger partial charge in [0, 0.05) is 5.56 Å². The van der Waals surface area contributed by atoms with Crippen molar-refractivity contribution in [1.29, 1.82) is 0 Å². The van der Waals surface area contributed by atoms with E-state index in [1.165, 1.54) is 0 Å². The molecule has 0 aliphatic carbocycles. The number of hydrogen-bond donors (Lipinski definition) is 1. The maximum Gasteiger partial charge on any atom is 0.338 e. The molecule has 7 heteroatoms. The Kier molecular flexibility index (Phi) is 13.2. The predicted molar refractivity (Wildman–Crippen MR) is 188 cm³/mol. The van der Waals surface area contributed by atoms with Crippen molar-refractivity contribution in [3.05, 3.63) is 149 Å². The number of carbonyl (C=O) groups is 2. The van der Waals surface area contributed by atoms with E-state index in [0.29, 0.717) is 35.3 Å². The zero-order valence-corrected chi connectivity index (χ0v) is 28.1. The van der Waals surface area contributed by atoms with Crippen molar-refractivity contribution in [3.8, 4) is 11.5 Å². The van der Waals surface area contributed by atoms with Crippen LogP contribution in [-0.2, 0) is 29.3 Å². The first kappa shape index (κ1) is 35.7. The molecule has 0 saturated heterocycles. The lowest BCUT2D eigenvalue weighted by Gasteiger charge is -2.20. The summed E-state index contributed by atoms with van der Waals surface area (Å²) in [7, 11) is 1.64. The van der Waals surface area contributed by atoms with Crippen molar-refractivity contribution in [2.24, 2.45) is 0 Å². The molecule has 0 unspecified atom stereocenters. The van der Waals surface area contributed by atoms with Crippen LogP contribution >= 0.6 is 0 Å². The summed E-state index contributed by atoms with van der Waals surface area (Å²) in [6.45, 7) is 6.27. The van der Waals surface area contributed by atoms with E-state index >= 15 is 0 Å². The molecule has 48 heavy (non-hydrogen) atoms. The first-order chi connectivity index (χ1) is 23.3. The summed E-state index contributed by atoms with van der Waals surface area (Å²) in [6, 6.07) is 28.9. The molecule has 0 atom stereocenters. The highest BCUT2D eigenvalue weighted by Gasteiger charge is 2.17. The quantitative estimate of drug-likeness (QED) is 0.0958. The molecule has 4 rings (SSSR count). The van der Waals surface area contributed by atoms with Crippen LogP contribution in [0.2, 0.25) is 0 Å². The molecular formula is C41H44O7. The summed E-state index contributed by atoms with van der Waals surface area (Å²) >= 11 is 0. The fourth-order valence-corrected chi connectivity index (χ4v) is 5.07. The Morgan fingerprint density at radius 1 is 0.729 bits per heavy atom. The molecule has 0 spiro atoms. The number of aliphatic hydroxyl groups is 1. The zero-order chi connectivity index (χ0) is 34.4. The number of methoxy groups -OCH3 is 1. The number of esters is 2. The Balaban J connectivity index is 1.53. The van der Waals surface area contributed by atoms with E-state index in [4.69, 9.17) is 18.9 Å². The minimum Gasteiger partial charge on any atom is -0.496 e. The lowest BCUT2D eigenvalue weighted by molar-refractivity contribution is 0.0435. The van der Waals surface area contributed by atoms with Crippen LogP contribution in [0.4, 0.5) is 0 Å². The van der Waals surface area contributed by atoms with Crippen LogP contribution in [0.1, 0.15) is 83.0 Å². The van der Waals surface area contributed by atoms with Crippen LogP contribution in [0.25, 0.3) is 5.57 Å². The molecule has 0 bridgehead atoms. The van der Waals surface area contributed by atoms with Crippen LogP contribution in [0.3, 0.4) is 0 Å². The van der Waals surface area contributed by atoms with E-state index in [1.807, 2.05) is 80.6 Å². The summed E-state index contributed by atoms with van der Waals surface area (Å²) in [5.74, 6) is 0.500. The molecule has 0 radical (unpaired) electrons. The van der Waals surface area contributed by atoms with Gasteiger partial charge in [-0.2, -0.15) is 0 Å². The van der Waals surface area contributed by atoms with Crippen LogP contribution in [0, 0.1) is 0 Å². The molecular weight excluding hydrogens is 604 g/mol. The molecule has 0 aromatic heterocycles. The van der Waals surface area contributed by atoms with Gasteiger partial charge in [-0.05, 0) is 90.1 Å². The first-order valence-corrected chi connectivity index (χ1v) is 16.3. The standard InChI is InChI=1S/C41H44O7/c1-5-31(19-14-24-41(44,6-2)7-3)37-26-36(22-23-38(37)45-4)46-27-30-20-21-34(28-47-39(42)32-15-10-8-11-16-32)35(25-30)29-48-40(43)33-17-12-9-13-18-33/h8-26,44H,5-7,27-29H2,1-4H3. The monoisotopic (exact) mass is 648 g/mol. The minimum atomic E-state index is -0.831. The average Bonchev–Trinajstić information content (AvgIpc) is 3.14. The normalized spacial score (nSPS) is 11.7. The molecule has 0 aliphatic heterocycles. The van der Waals surface area contributed by atoms with E-state index < -0.39 is 17.5 Å². The van der Waals surface area contributed by atoms with Gasteiger partial charge in [0.1, 0.15) is 31.3 Å². The van der Waals surface area contributed by atoms with E-state index in [1.54, 1.807) is 55.6 Å². The number of hydrogen-bond acceptors (Lipinski definition) is 7. The lowest BCUT2D eigenvalue weighted by atomic mass is 9.96. The summed E-state index contributed by atoms with van der Waals surface area (Å²) in [4.78, 5) is 25.3. The fraction of sp³-hybridized carbons (Fsp3) is 0.268. The van der Waals surface area contributed by atoms with Crippen molar-refractivity contribution in [2.45, 2.75) is 65.5 Å². The van der Waals surface area contributed by atoms with Gasteiger partial charge >= 0.3 is 11.9 Å². The Morgan fingerprint density at radius 3 is 1.90 bits per heavy atom. The molecule has 0 saturated carbocycles. The molecule has 7 nitrogen and oxygen atoms in total. The molecule has 0 amide bonds. The predicted octanol–water partition coefficient (Wildman–Crippen LogP) is 8.89. The summed E-state index contributed by atoms with van der Waals surface area (Å²) in [6.07, 6.45) is 7.78. The number of carbonyl (C=O) groups excluding carboxylic acids is 2. The summed E-state index contributed by atoms with van der Waals surface area (Å²) in [5.41, 5.74) is 4.30. The Bertz CT molecular complexity index is 1700. The largest absolute Gasteiger partial charge is 0.496 e. The topological polar surface area (TPSA) is 91.3 Å². The van der Waals surface area contributed by atoms with Gasteiger partial charge < -0.3 is 24.1 Å². The van der Waals surface area contributed by atoms with Gasteiger partial charge in [0.25, 0.3) is 0 Å². The van der Waals surface area contributed by atoms with Crippen molar-refractivity contribution < 1.29 is 33.6 Å². The highest BCUT2D eigenvalue weighted by molar-refractivity contribution is 5.89. The van der Waals surface area contributed by atoms with Gasteiger partial charge in [0.15, 0.2) is 0 Å². The third kappa shape index (κ3) is 9.93. The third-order valence-corrected chi connectivity index (χ3v) is 8.24. The fourth-order valence-electron chi connectivity index (χ4n) is 5.07. The van der Waals surface area contributed by atoms with E-state index in [9.17, 15) is 14.7 Å². The highest BCUT2D eigenvalue weighted by Crippen LogP contribution is 2.32. The Hall–Kier alpha value is -5.14. The summed E-state index contributed by atoms with van der Waals surface area (Å²) < 4.78 is 23.1.